The first kappa shape index (κ1) is 13.2. The lowest BCUT2D eigenvalue weighted by Crippen LogP contribution is -2.30. The van der Waals surface area contributed by atoms with Gasteiger partial charge in [-0.3, -0.25) is 0 Å². The predicted octanol–water partition coefficient (Wildman–Crippen LogP) is 2.55. The average molecular weight is 292 g/mol. The number of hydrogen-bond donors (Lipinski definition) is 1. The van der Waals surface area contributed by atoms with Gasteiger partial charge < -0.3 is 10.6 Å². The molecule has 0 bridgehead atoms. The summed E-state index contributed by atoms with van der Waals surface area (Å²) in [5.41, 5.74) is 7.03. The van der Waals surface area contributed by atoms with Crippen molar-refractivity contribution in [1.82, 2.24) is 14.8 Å². The Balaban J connectivity index is 1.78. The van der Waals surface area contributed by atoms with Crippen LogP contribution >= 0.6 is 11.6 Å². The summed E-state index contributed by atoms with van der Waals surface area (Å²) in [4.78, 5) is 6.58. The van der Waals surface area contributed by atoms with E-state index in [4.69, 9.17) is 17.3 Å². The smallest absolute Gasteiger partial charge is 0.246 e. The highest BCUT2D eigenvalue weighted by molar-refractivity contribution is 6.30. The van der Waals surface area contributed by atoms with Gasteiger partial charge in [-0.15, -0.1) is 5.10 Å². The number of benzene rings is 1. The number of nitrogen functional groups attached to an aromatic ring is 1. The summed E-state index contributed by atoms with van der Waals surface area (Å²) in [6.45, 7) is 2.62. The molecule has 0 aliphatic carbocycles. The molecule has 0 amide bonds. The highest BCUT2D eigenvalue weighted by Gasteiger charge is 2.16. The molecule has 2 N–H and O–H groups in total. The monoisotopic (exact) mass is 291 g/mol. The molecule has 1 aliphatic rings. The van der Waals surface area contributed by atoms with Crippen LogP contribution in [0.1, 0.15) is 24.8 Å². The molecule has 2 heterocycles. The van der Waals surface area contributed by atoms with Crippen LogP contribution in [0.2, 0.25) is 5.02 Å². The van der Waals surface area contributed by atoms with Crippen molar-refractivity contribution in [3.05, 3.63) is 34.9 Å². The van der Waals surface area contributed by atoms with Gasteiger partial charge in [-0.2, -0.15) is 4.98 Å². The first-order chi connectivity index (χ1) is 9.72. The molecule has 0 atom stereocenters. The highest BCUT2D eigenvalue weighted by Crippen LogP contribution is 2.18. The lowest BCUT2D eigenvalue weighted by Gasteiger charge is -2.24. The minimum atomic E-state index is 0.450. The molecule has 6 heteroatoms. The van der Waals surface area contributed by atoms with Gasteiger partial charge in [-0.05, 0) is 37.0 Å². The minimum absolute atomic E-state index is 0.450. The maximum absolute atomic E-state index is 5.99. The van der Waals surface area contributed by atoms with E-state index in [1.54, 1.807) is 4.68 Å². The molecule has 1 fully saturated rings. The second-order valence-corrected chi connectivity index (χ2v) is 5.54. The number of anilines is 2. The van der Waals surface area contributed by atoms with Gasteiger partial charge in [0.15, 0.2) is 0 Å². The topological polar surface area (TPSA) is 60.0 Å². The van der Waals surface area contributed by atoms with E-state index in [2.05, 4.69) is 15.0 Å². The molecular weight excluding hydrogens is 274 g/mol. The Morgan fingerprint density at radius 3 is 2.75 bits per heavy atom. The van der Waals surface area contributed by atoms with Crippen LogP contribution in [-0.2, 0) is 6.54 Å². The van der Waals surface area contributed by atoms with Crippen molar-refractivity contribution >= 4 is 23.5 Å². The van der Waals surface area contributed by atoms with Crippen LogP contribution in [0.5, 0.6) is 0 Å². The number of halogens is 1. The summed E-state index contributed by atoms with van der Waals surface area (Å²) in [6.07, 6.45) is 3.68. The molecule has 1 saturated heterocycles. The molecule has 20 heavy (non-hydrogen) atoms. The van der Waals surface area contributed by atoms with Gasteiger partial charge in [-0.25, -0.2) is 4.68 Å². The van der Waals surface area contributed by atoms with E-state index in [0.717, 1.165) is 29.6 Å². The summed E-state index contributed by atoms with van der Waals surface area (Å²) in [5.74, 6) is 1.19. The lowest BCUT2D eigenvalue weighted by molar-refractivity contribution is 0.564. The molecule has 0 saturated carbocycles. The van der Waals surface area contributed by atoms with E-state index in [0.29, 0.717) is 12.5 Å². The molecule has 106 valence electrons. The second-order valence-electron chi connectivity index (χ2n) is 5.11. The average Bonchev–Trinajstić information content (AvgIpc) is 2.81. The molecular formula is C14H18ClN5. The number of hydrogen-bond acceptors (Lipinski definition) is 4. The second kappa shape index (κ2) is 5.71. The molecule has 1 aromatic heterocycles. The zero-order valence-corrected chi connectivity index (χ0v) is 12.1. The Kier molecular flexibility index (Phi) is 3.78. The summed E-state index contributed by atoms with van der Waals surface area (Å²) < 4.78 is 1.73. The molecule has 1 aliphatic heterocycles. The Morgan fingerprint density at radius 2 is 2.00 bits per heavy atom. The SMILES string of the molecule is Nc1nc(N2CCCCC2)nn1Cc1cccc(Cl)c1. The van der Waals surface area contributed by atoms with Crippen molar-refractivity contribution in [2.24, 2.45) is 0 Å². The van der Waals surface area contributed by atoms with Gasteiger partial charge in [0.05, 0.1) is 6.54 Å². The number of nitrogens with zero attached hydrogens (tertiary/aromatic N) is 4. The van der Waals surface area contributed by atoms with Gasteiger partial charge >= 0.3 is 0 Å². The van der Waals surface area contributed by atoms with Gasteiger partial charge in [0.25, 0.3) is 0 Å². The number of piperidine rings is 1. The molecule has 1 aromatic carbocycles. The predicted molar refractivity (Wildman–Crippen MR) is 81.1 cm³/mol. The third kappa shape index (κ3) is 2.88. The van der Waals surface area contributed by atoms with Crippen molar-refractivity contribution < 1.29 is 0 Å². The summed E-state index contributed by atoms with van der Waals surface area (Å²) in [7, 11) is 0. The fourth-order valence-electron chi connectivity index (χ4n) is 2.49. The molecule has 3 rings (SSSR count). The Morgan fingerprint density at radius 1 is 1.20 bits per heavy atom. The minimum Gasteiger partial charge on any atom is -0.368 e. The molecule has 0 spiro atoms. The normalized spacial score (nSPS) is 15.6. The molecule has 5 nitrogen and oxygen atoms in total. The van der Waals surface area contributed by atoms with E-state index < -0.39 is 0 Å². The van der Waals surface area contributed by atoms with Gasteiger partial charge in [0.2, 0.25) is 11.9 Å². The van der Waals surface area contributed by atoms with Crippen LogP contribution in [0, 0.1) is 0 Å². The fraction of sp³-hybridized carbons (Fsp3) is 0.429. The van der Waals surface area contributed by atoms with Crippen LogP contribution in [0.4, 0.5) is 11.9 Å². The lowest BCUT2D eigenvalue weighted by atomic mass is 10.1. The zero-order chi connectivity index (χ0) is 13.9. The van der Waals surface area contributed by atoms with E-state index >= 15 is 0 Å². The van der Waals surface area contributed by atoms with E-state index in [1.807, 2.05) is 24.3 Å². The van der Waals surface area contributed by atoms with Crippen LogP contribution in [-0.4, -0.2) is 27.9 Å². The zero-order valence-electron chi connectivity index (χ0n) is 11.3. The van der Waals surface area contributed by atoms with Crippen LogP contribution < -0.4 is 10.6 Å². The van der Waals surface area contributed by atoms with Gasteiger partial charge in [-0.1, -0.05) is 23.7 Å². The number of nitrogens with two attached hydrogens (primary N) is 1. The fourth-order valence-corrected chi connectivity index (χ4v) is 2.71. The van der Waals surface area contributed by atoms with Gasteiger partial charge in [0, 0.05) is 18.1 Å². The summed E-state index contributed by atoms with van der Waals surface area (Å²) in [6, 6.07) is 7.71. The third-order valence-electron chi connectivity index (χ3n) is 3.55. The Labute approximate surface area is 123 Å². The van der Waals surface area contributed by atoms with Crippen molar-refractivity contribution in [3.63, 3.8) is 0 Å². The third-order valence-corrected chi connectivity index (χ3v) is 3.78. The van der Waals surface area contributed by atoms with Crippen molar-refractivity contribution in [2.45, 2.75) is 25.8 Å². The number of aromatic nitrogens is 3. The van der Waals surface area contributed by atoms with E-state index in [-0.39, 0.29) is 0 Å². The quantitative estimate of drug-likeness (QED) is 0.944. The van der Waals surface area contributed by atoms with Crippen LogP contribution in [0.3, 0.4) is 0 Å². The summed E-state index contributed by atoms with van der Waals surface area (Å²) in [5, 5.41) is 5.24. The maximum atomic E-state index is 5.99. The van der Waals surface area contributed by atoms with Gasteiger partial charge in [0.1, 0.15) is 0 Å². The molecule has 0 unspecified atom stereocenters. The highest BCUT2D eigenvalue weighted by atomic mass is 35.5. The van der Waals surface area contributed by atoms with Crippen LogP contribution in [0.15, 0.2) is 24.3 Å². The largest absolute Gasteiger partial charge is 0.368 e. The van der Waals surface area contributed by atoms with Crippen molar-refractivity contribution in [3.8, 4) is 0 Å². The maximum Gasteiger partial charge on any atom is 0.246 e. The first-order valence-electron chi connectivity index (χ1n) is 6.92. The molecule has 0 radical (unpaired) electrons. The van der Waals surface area contributed by atoms with Crippen molar-refractivity contribution in [2.75, 3.05) is 23.7 Å². The summed E-state index contributed by atoms with van der Waals surface area (Å²) >= 11 is 5.99. The van der Waals surface area contributed by atoms with Crippen LogP contribution in [0.25, 0.3) is 0 Å². The van der Waals surface area contributed by atoms with E-state index in [1.165, 1.54) is 19.3 Å². The number of rotatable bonds is 3. The Hall–Kier alpha value is -1.75. The molecule has 2 aromatic rings. The van der Waals surface area contributed by atoms with E-state index in [9.17, 15) is 0 Å². The Bertz CT molecular complexity index is 589. The first-order valence-corrected chi connectivity index (χ1v) is 7.30. The van der Waals surface area contributed by atoms with Crippen molar-refractivity contribution in [1.29, 1.82) is 0 Å². The standard InChI is InChI=1S/C14H18ClN5/c15-12-6-4-5-11(9-12)10-20-13(16)17-14(18-20)19-7-2-1-3-8-19/h4-6,9H,1-3,7-8,10H2,(H2,16,17,18).